The van der Waals surface area contributed by atoms with Crippen molar-refractivity contribution in [3.05, 3.63) is 42.2 Å². The highest BCUT2D eigenvalue weighted by Gasteiger charge is 2.18. The number of sulfonamides is 1. The number of hydrogen-bond acceptors (Lipinski definition) is 5. The summed E-state index contributed by atoms with van der Waals surface area (Å²) in [4.78, 5) is 0. The van der Waals surface area contributed by atoms with E-state index < -0.39 is 10.0 Å². The third-order valence-electron chi connectivity index (χ3n) is 2.50. The van der Waals surface area contributed by atoms with Crippen LogP contribution in [0.15, 0.2) is 45.9 Å². The van der Waals surface area contributed by atoms with Gasteiger partial charge in [0.15, 0.2) is 0 Å². The van der Waals surface area contributed by atoms with Crippen molar-refractivity contribution in [1.82, 2.24) is 0 Å². The topological polar surface area (TPSA) is 94.6 Å². The second-order valence-corrected chi connectivity index (χ2v) is 5.60. The van der Waals surface area contributed by atoms with E-state index in [0.29, 0.717) is 23.8 Å². The lowest BCUT2D eigenvalue weighted by molar-refractivity contribution is 0.340. The van der Waals surface area contributed by atoms with Gasteiger partial charge in [-0.3, -0.25) is 4.72 Å². The lowest BCUT2D eigenvalue weighted by Gasteiger charge is -2.08. The van der Waals surface area contributed by atoms with Crippen molar-refractivity contribution < 1.29 is 17.6 Å². The molecule has 2 aromatic rings. The first-order valence-corrected chi connectivity index (χ1v) is 7.58. The van der Waals surface area contributed by atoms with E-state index in [1.54, 1.807) is 24.3 Å². The highest BCUT2D eigenvalue weighted by Crippen LogP contribution is 2.22. The summed E-state index contributed by atoms with van der Waals surface area (Å²) in [6.45, 7) is 2.51. The Morgan fingerprint density at radius 3 is 2.75 bits per heavy atom. The minimum atomic E-state index is -3.76. The average Bonchev–Trinajstić information content (AvgIpc) is 2.88. The van der Waals surface area contributed by atoms with Crippen molar-refractivity contribution in [3.8, 4) is 5.75 Å². The molecule has 1 aromatic heterocycles. The fourth-order valence-corrected chi connectivity index (χ4v) is 2.64. The van der Waals surface area contributed by atoms with Gasteiger partial charge in [0.25, 0.3) is 10.0 Å². The highest BCUT2D eigenvalue weighted by atomic mass is 32.2. The van der Waals surface area contributed by atoms with Crippen LogP contribution in [-0.4, -0.2) is 15.0 Å². The van der Waals surface area contributed by atoms with Crippen LogP contribution in [0, 0.1) is 0 Å². The van der Waals surface area contributed by atoms with Gasteiger partial charge in [0, 0.05) is 6.07 Å². The Balaban J connectivity index is 2.21. The number of rotatable bonds is 6. The van der Waals surface area contributed by atoms with Crippen molar-refractivity contribution >= 4 is 15.7 Å². The molecule has 108 valence electrons. The number of anilines is 1. The highest BCUT2D eigenvalue weighted by molar-refractivity contribution is 7.92. The molecule has 0 saturated carbocycles. The molecule has 0 unspecified atom stereocenters. The molecular weight excluding hydrogens is 280 g/mol. The number of benzene rings is 1. The Morgan fingerprint density at radius 2 is 2.10 bits per heavy atom. The quantitative estimate of drug-likeness (QED) is 0.849. The number of hydrogen-bond donors (Lipinski definition) is 2. The second kappa shape index (κ2) is 5.98. The summed E-state index contributed by atoms with van der Waals surface area (Å²) in [7, 11) is -3.76. The number of furan rings is 1. The molecule has 20 heavy (non-hydrogen) atoms. The fraction of sp³-hybridized carbons (Fsp3) is 0.231. The van der Waals surface area contributed by atoms with Gasteiger partial charge in [0.1, 0.15) is 11.5 Å². The van der Waals surface area contributed by atoms with E-state index in [9.17, 15) is 8.42 Å². The monoisotopic (exact) mass is 296 g/mol. The minimum Gasteiger partial charge on any atom is -0.494 e. The van der Waals surface area contributed by atoms with E-state index in [1.165, 1.54) is 12.1 Å². The molecule has 0 fully saturated rings. The molecule has 6 nitrogen and oxygen atoms in total. The molecule has 0 atom stereocenters. The van der Waals surface area contributed by atoms with Crippen LogP contribution in [0.1, 0.15) is 12.7 Å². The van der Waals surface area contributed by atoms with Crippen molar-refractivity contribution in [2.24, 2.45) is 5.73 Å². The van der Waals surface area contributed by atoms with E-state index in [1.807, 2.05) is 6.92 Å². The molecule has 2 rings (SSSR count). The van der Waals surface area contributed by atoms with Crippen molar-refractivity contribution in [2.45, 2.75) is 18.6 Å². The Labute approximate surface area is 117 Å². The van der Waals surface area contributed by atoms with Gasteiger partial charge in [-0.05, 0) is 31.2 Å². The zero-order chi connectivity index (χ0) is 14.6. The zero-order valence-electron chi connectivity index (χ0n) is 11.0. The fourth-order valence-electron chi connectivity index (χ4n) is 1.63. The second-order valence-electron chi connectivity index (χ2n) is 3.99. The Morgan fingerprint density at radius 1 is 1.30 bits per heavy atom. The van der Waals surface area contributed by atoms with E-state index in [2.05, 4.69) is 4.72 Å². The Bertz CT molecular complexity index is 679. The Kier molecular flexibility index (Phi) is 4.31. The first kappa shape index (κ1) is 14.4. The zero-order valence-corrected chi connectivity index (χ0v) is 11.8. The van der Waals surface area contributed by atoms with Gasteiger partial charge in [0.05, 0.1) is 18.8 Å². The van der Waals surface area contributed by atoms with Crippen LogP contribution < -0.4 is 15.2 Å². The third-order valence-corrected chi connectivity index (χ3v) is 3.75. The molecule has 0 amide bonds. The summed E-state index contributed by atoms with van der Waals surface area (Å²) >= 11 is 0. The van der Waals surface area contributed by atoms with E-state index in [0.717, 1.165) is 0 Å². The molecule has 0 aliphatic carbocycles. The van der Waals surface area contributed by atoms with Gasteiger partial charge >= 0.3 is 0 Å². The molecule has 1 aromatic carbocycles. The maximum atomic E-state index is 12.1. The molecule has 0 saturated heterocycles. The van der Waals surface area contributed by atoms with Crippen molar-refractivity contribution in [1.29, 1.82) is 0 Å². The van der Waals surface area contributed by atoms with Crippen LogP contribution in [0.25, 0.3) is 0 Å². The average molecular weight is 296 g/mol. The molecule has 0 bridgehead atoms. The summed E-state index contributed by atoms with van der Waals surface area (Å²) in [6, 6.07) is 9.60. The van der Waals surface area contributed by atoms with Gasteiger partial charge < -0.3 is 14.9 Å². The molecule has 3 N–H and O–H groups in total. The number of nitrogens with one attached hydrogen (secondary N) is 1. The SMILES string of the molecule is CCOc1cccc(NS(=O)(=O)c2ccc(CN)o2)c1. The summed E-state index contributed by atoms with van der Waals surface area (Å²) < 4.78 is 37.1. The molecule has 1 heterocycles. The molecule has 0 spiro atoms. The van der Waals surface area contributed by atoms with E-state index in [4.69, 9.17) is 14.9 Å². The molecular formula is C13H16N2O4S. The first-order valence-electron chi connectivity index (χ1n) is 6.09. The summed E-state index contributed by atoms with van der Waals surface area (Å²) in [5, 5.41) is -0.167. The molecule has 0 aliphatic heterocycles. The van der Waals surface area contributed by atoms with Crippen molar-refractivity contribution in [3.63, 3.8) is 0 Å². The van der Waals surface area contributed by atoms with E-state index in [-0.39, 0.29) is 11.6 Å². The van der Waals surface area contributed by atoms with Gasteiger partial charge in [-0.2, -0.15) is 8.42 Å². The predicted molar refractivity (Wildman–Crippen MR) is 75.0 cm³/mol. The van der Waals surface area contributed by atoms with Crippen LogP contribution in [0.4, 0.5) is 5.69 Å². The number of nitrogens with two attached hydrogens (primary N) is 1. The van der Waals surface area contributed by atoms with Crippen LogP contribution in [-0.2, 0) is 16.6 Å². The predicted octanol–water partition coefficient (Wildman–Crippen LogP) is 1.94. The van der Waals surface area contributed by atoms with Crippen LogP contribution in [0.3, 0.4) is 0 Å². The van der Waals surface area contributed by atoms with Gasteiger partial charge in [-0.25, -0.2) is 0 Å². The summed E-state index contributed by atoms with van der Waals surface area (Å²) in [6.07, 6.45) is 0. The Hall–Kier alpha value is -1.99. The summed E-state index contributed by atoms with van der Waals surface area (Å²) in [5.74, 6) is 1.00. The van der Waals surface area contributed by atoms with Gasteiger partial charge in [-0.1, -0.05) is 6.07 Å². The van der Waals surface area contributed by atoms with Gasteiger partial charge in [0.2, 0.25) is 5.09 Å². The van der Waals surface area contributed by atoms with Gasteiger partial charge in [-0.15, -0.1) is 0 Å². The minimum absolute atomic E-state index is 0.148. The normalized spacial score (nSPS) is 11.3. The lowest BCUT2D eigenvalue weighted by Crippen LogP contribution is -2.12. The largest absolute Gasteiger partial charge is 0.494 e. The number of ether oxygens (including phenoxy) is 1. The maximum absolute atomic E-state index is 12.1. The molecule has 7 heteroatoms. The lowest BCUT2D eigenvalue weighted by atomic mass is 10.3. The summed E-state index contributed by atoms with van der Waals surface area (Å²) in [5.41, 5.74) is 5.79. The smallest absolute Gasteiger partial charge is 0.295 e. The molecule has 0 radical (unpaired) electrons. The van der Waals surface area contributed by atoms with Crippen LogP contribution in [0.5, 0.6) is 5.75 Å². The van der Waals surface area contributed by atoms with E-state index >= 15 is 0 Å². The third kappa shape index (κ3) is 3.31. The maximum Gasteiger partial charge on any atom is 0.295 e. The van der Waals surface area contributed by atoms with Crippen LogP contribution in [0.2, 0.25) is 0 Å². The first-order chi connectivity index (χ1) is 9.55. The molecule has 0 aliphatic rings. The van der Waals surface area contributed by atoms with Crippen LogP contribution >= 0.6 is 0 Å². The van der Waals surface area contributed by atoms with Crippen molar-refractivity contribution in [2.75, 3.05) is 11.3 Å². The standard InChI is InChI=1S/C13H16N2O4S/c1-2-18-11-5-3-4-10(8-11)15-20(16,17)13-7-6-12(9-14)19-13/h3-8,15H,2,9,14H2,1H3.